The first-order valence-electron chi connectivity index (χ1n) is 8.56. The van der Waals surface area contributed by atoms with Crippen molar-refractivity contribution < 1.29 is 9.53 Å². The van der Waals surface area contributed by atoms with Crippen molar-refractivity contribution in [1.82, 2.24) is 9.88 Å². The van der Waals surface area contributed by atoms with E-state index in [1.54, 1.807) is 0 Å². The Morgan fingerprint density at radius 2 is 1.88 bits per heavy atom. The Hall–Kier alpha value is -3.01. The third-order valence-corrected chi connectivity index (χ3v) is 4.46. The molecule has 4 heteroatoms. The van der Waals surface area contributed by atoms with Crippen molar-refractivity contribution in [3.8, 4) is 11.4 Å². The zero-order chi connectivity index (χ0) is 17.1. The molecule has 25 heavy (non-hydrogen) atoms. The van der Waals surface area contributed by atoms with E-state index in [4.69, 9.17) is 4.74 Å². The highest BCUT2D eigenvalue weighted by molar-refractivity contribution is 5.94. The average Bonchev–Trinajstić information content (AvgIpc) is 3.21. The molecule has 1 N–H and O–H groups in total. The average molecular weight is 332 g/mol. The molecule has 0 bridgehead atoms. The Morgan fingerprint density at radius 3 is 2.68 bits per heavy atom. The van der Waals surface area contributed by atoms with Crippen LogP contribution in [-0.4, -0.2) is 17.1 Å². The Bertz CT molecular complexity index is 867. The van der Waals surface area contributed by atoms with Crippen LogP contribution in [0.4, 0.5) is 0 Å². The van der Waals surface area contributed by atoms with Crippen LogP contribution in [0.3, 0.4) is 0 Å². The maximum absolute atomic E-state index is 12.4. The van der Waals surface area contributed by atoms with Crippen LogP contribution in [0.1, 0.15) is 27.9 Å². The molecular weight excluding hydrogens is 312 g/mol. The molecule has 0 atom stereocenters. The summed E-state index contributed by atoms with van der Waals surface area (Å²) >= 11 is 0. The molecule has 1 aromatic heterocycles. The van der Waals surface area contributed by atoms with Crippen molar-refractivity contribution in [1.29, 1.82) is 0 Å². The molecule has 4 nitrogen and oxygen atoms in total. The number of carbonyl (C=O) groups excluding carboxylic acids is 1. The number of nitrogens with zero attached hydrogens (tertiary/aromatic N) is 1. The molecule has 2 heterocycles. The first-order valence-corrected chi connectivity index (χ1v) is 8.56. The second kappa shape index (κ2) is 6.85. The fourth-order valence-electron chi connectivity index (χ4n) is 3.10. The van der Waals surface area contributed by atoms with Gasteiger partial charge < -0.3 is 14.6 Å². The second-order valence-electron chi connectivity index (χ2n) is 6.21. The van der Waals surface area contributed by atoms with Crippen molar-refractivity contribution >= 4 is 5.91 Å². The fourth-order valence-corrected chi connectivity index (χ4v) is 3.10. The number of hydrogen-bond acceptors (Lipinski definition) is 2. The molecular formula is C21H20N2O2. The highest BCUT2D eigenvalue weighted by Crippen LogP contribution is 2.25. The van der Waals surface area contributed by atoms with Gasteiger partial charge in [0.25, 0.3) is 5.91 Å². The monoisotopic (exact) mass is 332 g/mol. The van der Waals surface area contributed by atoms with Crippen LogP contribution < -0.4 is 10.1 Å². The molecule has 3 aromatic rings. The summed E-state index contributed by atoms with van der Waals surface area (Å²) in [6.07, 6.45) is 6.05. The van der Waals surface area contributed by atoms with E-state index in [-0.39, 0.29) is 5.91 Å². The maximum Gasteiger partial charge on any atom is 0.251 e. The van der Waals surface area contributed by atoms with Gasteiger partial charge >= 0.3 is 0 Å². The molecule has 0 aliphatic carbocycles. The maximum atomic E-state index is 12.4. The van der Waals surface area contributed by atoms with E-state index in [9.17, 15) is 4.79 Å². The van der Waals surface area contributed by atoms with Gasteiger partial charge in [-0.05, 0) is 66.4 Å². The highest BCUT2D eigenvalue weighted by Gasteiger charge is 2.11. The van der Waals surface area contributed by atoms with Crippen molar-refractivity contribution in [2.24, 2.45) is 0 Å². The molecule has 126 valence electrons. The third kappa shape index (κ3) is 3.43. The summed E-state index contributed by atoms with van der Waals surface area (Å²) in [6, 6.07) is 17.7. The predicted octanol–water partition coefficient (Wildman–Crippen LogP) is 3.73. The Kier molecular flexibility index (Phi) is 4.25. The summed E-state index contributed by atoms with van der Waals surface area (Å²) in [7, 11) is 0. The van der Waals surface area contributed by atoms with Gasteiger partial charge in [-0.3, -0.25) is 4.79 Å². The van der Waals surface area contributed by atoms with Crippen molar-refractivity contribution in [3.63, 3.8) is 0 Å². The summed E-state index contributed by atoms with van der Waals surface area (Å²) in [4.78, 5) is 12.4. The highest BCUT2D eigenvalue weighted by atomic mass is 16.5. The minimum atomic E-state index is -0.0620. The van der Waals surface area contributed by atoms with E-state index >= 15 is 0 Å². The molecule has 0 saturated heterocycles. The van der Waals surface area contributed by atoms with Crippen LogP contribution in [-0.2, 0) is 13.0 Å². The molecule has 1 aliphatic heterocycles. The number of rotatable bonds is 4. The van der Waals surface area contributed by atoms with Gasteiger partial charge in [-0.2, -0.15) is 0 Å². The molecule has 0 saturated carbocycles. The second-order valence-corrected chi connectivity index (χ2v) is 6.21. The molecule has 0 radical (unpaired) electrons. The minimum Gasteiger partial charge on any atom is -0.493 e. The van der Waals surface area contributed by atoms with E-state index < -0.39 is 0 Å². The Labute approximate surface area is 147 Å². The summed E-state index contributed by atoms with van der Waals surface area (Å²) < 4.78 is 7.64. The van der Waals surface area contributed by atoms with Gasteiger partial charge in [-0.15, -0.1) is 0 Å². The Morgan fingerprint density at radius 1 is 1.08 bits per heavy atom. The number of fused-ring (bicyclic) bond motifs is 1. The van der Waals surface area contributed by atoms with E-state index in [0.29, 0.717) is 12.1 Å². The number of ether oxygens (including phenoxy) is 1. The first kappa shape index (κ1) is 15.5. The lowest BCUT2D eigenvalue weighted by Gasteiger charge is -2.18. The van der Waals surface area contributed by atoms with Crippen molar-refractivity contribution in [2.75, 3.05) is 6.61 Å². The normalized spacial score (nSPS) is 13.0. The van der Waals surface area contributed by atoms with Gasteiger partial charge in [0, 0.05) is 30.2 Å². The lowest BCUT2D eigenvalue weighted by molar-refractivity contribution is 0.0951. The molecule has 0 unspecified atom stereocenters. The van der Waals surface area contributed by atoms with E-state index in [1.165, 1.54) is 5.56 Å². The topological polar surface area (TPSA) is 43.3 Å². The smallest absolute Gasteiger partial charge is 0.251 e. The predicted molar refractivity (Wildman–Crippen MR) is 97.2 cm³/mol. The first-order chi connectivity index (χ1) is 12.3. The number of benzene rings is 2. The van der Waals surface area contributed by atoms with Gasteiger partial charge in [0.1, 0.15) is 5.75 Å². The van der Waals surface area contributed by atoms with E-state index in [2.05, 4.69) is 11.4 Å². The van der Waals surface area contributed by atoms with Gasteiger partial charge in [-0.1, -0.05) is 12.1 Å². The zero-order valence-electron chi connectivity index (χ0n) is 13.9. The van der Waals surface area contributed by atoms with Crippen LogP contribution in [0.15, 0.2) is 67.0 Å². The van der Waals surface area contributed by atoms with Crippen LogP contribution in [0.25, 0.3) is 5.69 Å². The largest absolute Gasteiger partial charge is 0.493 e. The number of hydrogen-bond donors (Lipinski definition) is 1. The molecule has 1 amide bonds. The van der Waals surface area contributed by atoms with Crippen LogP contribution >= 0.6 is 0 Å². The quantitative estimate of drug-likeness (QED) is 0.791. The van der Waals surface area contributed by atoms with E-state index in [0.717, 1.165) is 36.4 Å². The van der Waals surface area contributed by atoms with E-state index in [1.807, 2.05) is 65.5 Å². The van der Waals surface area contributed by atoms with Gasteiger partial charge in [0.05, 0.1) is 6.61 Å². The van der Waals surface area contributed by atoms with Crippen LogP contribution in [0, 0.1) is 0 Å². The van der Waals surface area contributed by atoms with Gasteiger partial charge in [0.15, 0.2) is 0 Å². The van der Waals surface area contributed by atoms with Crippen LogP contribution in [0.2, 0.25) is 0 Å². The molecule has 1 aliphatic rings. The fraction of sp³-hybridized carbons (Fsp3) is 0.190. The molecule has 0 fully saturated rings. The van der Waals surface area contributed by atoms with Gasteiger partial charge in [0.2, 0.25) is 0 Å². The van der Waals surface area contributed by atoms with Crippen molar-refractivity contribution in [3.05, 3.63) is 83.7 Å². The Balaban J connectivity index is 1.40. The number of aryl methyl sites for hydroxylation is 1. The molecule has 2 aromatic carbocycles. The molecule has 0 spiro atoms. The van der Waals surface area contributed by atoms with Crippen LogP contribution in [0.5, 0.6) is 5.75 Å². The summed E-state index contributed by atoms with van der Waals surface area (Å²) in [6.45, 7) is 1.31. The lowest BCUT2D eigenvalue weighted by Crippen LogP contribution is -2.23. The van der Waals surface area contributed by atoms with Gasteiger partial charge in [-0.25, -0.2) is 0 Å². The summed E-state index contributed by atoms with van der Waals surface area (Å²) in [5.74, 6) is 0.912. The zero-order valence-corrected chi connectivity index (χ0v) is 13.9. The number of carbonyl (C=O) groups is 1. The SMILES string of the molecule is O=C(NCc1ccc2c(c1)CCCO2)c1ccc(-n2cccc2)cc1. The summed E-state index contributed by atoms with van der Waals surface area (Å²) in [5.41, 5.74) is 4.03. The third-order valence-electron chi connectivity index (χ3n) is 4.46. The number of nitrogens with one attached hydrogen (secondary N) is 1. The van der Waals surface area contributed by atoms with Crippen molar-refractivity contribution in [2.45, 2.75) is 19.4 Å². The number of amides is 1. The standard InChI is InChI=1S/C21H20N2O2/c24-21(17-6-8-19(9-7-17)23-11-1-2-12-23)22-15-16-5-10-20-18(14-16)4-3-13-25-20/h1-2,5-12,14H,3-4,13,15H2,(H,22,24). The lowest BCUT2D eigenvalue weighted by atomic mass is 10.0. The number of aromatic nitrogens is 1. The summed E-state index contributed by atoms with van der Waals surface area (Å²) in [5, 5.41) is 2.99. The minimum absolute atomic E-state index is 0.0620. The molecule has 4 rings (SSSR count).